The third-order valence-corrected chi connectivity index (χ3v) is 2.50. The van der Waals surface area contributed by atoms with Gasteiger partial charge >= 0.3 is 0 Å². The number of anilines is 1. The molecule has 0 saturated carbocycles. The Hall–Kier alpha value is -2.42. The Bertz CT molecular complexity index is 658. The first-order valence-corrected chi connectivity index (χ1v) is 6.05. The van der Waals surface area contributed by atoms with E-state index in [0.717, 1.165) is 0 Å². The Balaban J connectivity index is 2.07. The number of aliphatic hydroxyl groups excluding tert-OH is 1. The molecule has 1 amide bonds. The molecule has 2 aromatic rings. The maximum Gasteiger partial charge on any atom is 0.275 e. The highest BCUT2D eigenvalue weighted by molar-refractivity contribution is 6.30. The van der Waals surface area contributed by atoms with Gasteiger partial charge in [-0.05, 0) is 24.3 Å². The molecule has 100 valence electrons. The normalized spacial score (nSPS) is 9.50. The average Bonchev–Trinajstić information content (AvgIpc) is 2.48. The number of hydrogen-bond acceptors (Lipinski definition) is 4. The summed E-state index contributed by atoms with van der Waals surface area (Å²) in [4.78, 5) is 19.9. The molecule has 5 nitrogen and oxygen atoms in total. The van der Waals surface area contributed by atoms with Crippen LogP contribution in [0.2, 0.25) is 5.02 Å². The van der Waals surface area contributed by atoms with Gasteiger partial charge in [-0.25, -0.2) is 9.97 Å². The van der Waals surface area contributed by atoms with Crippen LogP contribution in [0.1, 0.15) is 16.1 Å². The number of pyridine rings is 2. The van der Waals surface area contributed by atoms with E-state index in [-0.39, 0.29) is 18.2 Å². The zero-order chi connectivity index (χ0) is 14.4. The third-order valence-electron chi connectivity index (χ3n) is 2.28. The number of amides is 1. The van der Waals surface area contributed by atoms with Crippen LogP contribution in [0, 0.1) is 11.8 Å². The minimum atomic E-state index is -0.374. The predicted octanol–water partition coefficient (Wildman–Crippen LogP) is 1.73. The number of aromatic nitrogens is 2. The van der Waals surface area contributed by atoms with E-state index in [1.54, 1.807) is 24.3 Å². The summed E-state index contributed by atoms with van der Waals surface area (Å²) in [6.45, 7) is -0.218. The molecular weight excluding hydrogens is 278 g/mol. The zero-order valence-corrected chi connectivity index (χ0v) is 11.1. The molecule has 2 rings (SSSR count). The number of carbonyl (C=O) groups excluding carboxylic acids is 1. The lowest BCUT2D eigenvalue weighted by molar-refractivity contribution is 0.102. The summed E-state index contributed by atoms with van der Waals surface area (Å²) in [7, 11) is 0. The quantitative estimate of drug-likeness (QED) is 0.825. The first-order chi connectivity index (χ1) is 9.69. The summed E-state index contributed by atoms with van der Waals surface area (Å²) in [5, 5.41) is 11.7. The standard InChI is InChI=1S/C14H10ClN3O2/c15-11-4-6-13(17-9-11)18-14(20)12-5-3-10(8-16-12)2-1-7-19/h3-6,8-9,19H,7H2,(H,17,18,20). The van der Waals surface area contributed by atoms with E-state index in [2.05, 4.69) is 27.1 Å². The van der Waals surface area contributed by atoms with Gasteiger partial charge in [0.25, 0.3) is 5.91 Å². The first-order valence-electron chi connectivity index (χ1n) is 5.68. The van der Waals surface area contributed by atoms with Crippen LogP contribution in [-0.4, -0.2) is 27.6 Å². The van der Waals surface area contributed by atoms with E-state index in [1.807, 2.05) is 0 Å². The van der Waals surface area contributed by atoms with Gasteiger partial charge in [0.15, 0.2) is 0 Å². The number of rotatable bonds is 2. The zero-order valence-electron chi connectivity index (χ0n) is 10.3. The van der Waals surface area contributed by atoms with Gasteiger partial charge < -0.3 is 10.4 Å². The molecule has 0 spiro atoms. The highest BCUT2D eigenvalue weighted by Gasteiger charge is 2.07. The van der Waals surface area contributed by atoms with Gasteiger partial charge in [0.2, 0.25) is 0 Å². The predicted molar refractivity (Wildman–Crippen MR) is 75.4 cm³/mol. The second-order valence-corrected chi connectivity index (χ2v) is 4.14. The highest BCUT2D eigenvalue weighted by atomic mass is 35.5. The fourth-order valence-corrected chi connectivity index (χ4v) is 1.49. The summed E-state index contributed by atoms with van der Waals surface area (Å²) in [5.74, 6) is 5.22. The van der Waals surface area contributed by atoms with Gasteiger partial charge in [-0.1, -0.05) is 23.4 Å². The fraction of sp³-hybridized carbons (Fsp3) is 0.0714. The number of carbonyl (C=O) groups is 1. The monoisotopic (exact) mass is 287 g/mol. The Kier molecular flexibility index (Phi) is 4.66. The molecule has 0 unspecified atom stereocenters. The molecule has 0 radical (unpaired) electrons. The summed E-state index contributed by atoms with van der Waals surface area (Å²) >= 11 is 5.71. The van der Waals surface area contributed by atoms with Gasteiger partial charge in [0.05, 0.1) is 5.02 Å². The lowest BCUT2D eigenvalue weighted by atomic mass is 10.2. The second kappa shape index (κ2) is 6.66. The van der Waals surface area contributed by atoms with Crippen molar-refractivity contribution in [2.75, 3.05) is 11.9 Å². The molecule has 0 saturated heterocycles. The van der Waals surface area contributed by atoms with Crippen molar-refractivity contribution in [2.45, 2.75) is 0 Å². The highest BCUT2D eigenvalue weighted by Crippen LogP contribution is 2.10. The molecule has 0 fully saturated rings. The topological polar surface area (TPSA) is 75.1 Å². The molecule has 20 heavy (non-hydrogen) atoms. The van der Waals surface area contributed by atoms with Crippen LogP contribution in [0.3, 0.4) is 0 Å². The van der Waals surface area contributed by atoms with Crippen LogP contribution in [0.5, 0.6) is 0 Å². The van der Waals surface area contributed by atoms with Gasteiger partial charge in [-0.15, -0.1) is 0 Å². The summed E-state index contributed by atoms with van der Waals surface area (Å²) in [5.41, 5.74) is 0.872. The van der Waals surface area contributed by atoms with E-state index in [4.69, 9.17) is 16.7 Å². The molecule has 6 heteroatoms. The SMILES string of the molecule is O=C(Nc1ccc(Cl)cn1)c1ccc(C#CCO)cn1. The maximum atomic E-state index is 11.9. The molecule has 0 aliphatic carbocycles. The van der Waals surface area contributed by atoms with Gasteiger partial charge in [0.1, 0.15) is 18.1 Å². The fourth-order valence-electron chi connectivity index (χ4n) is 1.37. The molecular formula is C14H10ClN3O2. The number of nitrogens with one attached hydrogen (secondary N) is 1. The van der Waals surface area contributed by atoms with E-state index in [1.165, 1.54) is 12.4 Å². The molecule has 2 aromatic heterocycles. The van der Waals surface area contributed by atoms with Crippen molar-refractivity contribution in [3.8, 4) is 11.8 Å². The Morgan fingerprint density at radius 2 is 2.10 bits per heavy atom. The summed E-state index contributed by atoms with van der Waals surface area (Å²) in [6, 6.07) is 6.43. The number of nitrogens with zero attached hydrogens (tertiary/aromatic N) is 2. The van der Waals surface area contributed by atoms with Crippen molar-refractivity contribution >= 4 is 23.3 Å². The summed E-state index contributed by atoms with van der Waals surface area (Å²) in [6.07, 6.45) is 2.91. The van der Waals surface area contributed by atoms with E-state index in [9.17, 15) is 4.79 Å². The summed E-state index contributed by atoms with van der Waals surface area (Å²) < 4.78 is 0. The molecule has 0 aromatic carbocycles. The smallest absolute Gasteiger partial charge is 0.275 e. The van der Waals surface area contributed by atoms with E-state index < -0.39 is 0 Å². The largest absolute Gasteiger partial charge is 0.384 e. The maximum absolute atomic E-state index is 11.9. The number of halogens is 1. The van der Waals surface area contributed by atoms with Crippen LogP contribution < -0.4 is 5.32 Å². The van der Waals surface area contributed by atoms with Crippen molar-refractivity contribution < 1.29 is 9.90 Å². The average molecular weight is 288 g/mol. The number of hydrogen-bond donors (Lipinski definition) is 2. The minimum absolute atomic E-state index is 0.218. The van der Waals surface area contributed by atoms with Crippen LogP contribution in [-0.2, 0) is 0 Å². The van der Waals surface area contributed by atoms with E-state index >= 15 is 0 Å². The lowest BCUT2D eigenvalue weighted by Gasteiger charge is -2.03. The van der Waals surface area contributed by atoms with Crippen LogP contribution in [0.4, 0.5) is 5.82 Å². The molecule has 0 aliphatic heterocycles. The molecule has 0 atom stereocenters. The Labute approximate surface area is 120 Å². The van der Waals surface area contributed by atoms with Crippen molar-refractivity contribution in [1.82, 2.24) is 9.97 Å². The van der Waals surface area contributed by atoms with Crippen molar-refractivity contribution in [3.63, 3.8) is 0 Å². The number of aliphatic hydroxyl groups is 1. The third kappa shape index (κ3) is 3.79. The van der Waals surface area contributed by atoms with Gasteiger partial charge in [0, 0.05) is 18.0 Å². The molecule has 0 aliphatic rings. The first kappa shape index (κ1) is 14.0. The lowest BCUT2D eigenvalue weighted by Crippen LogP contribution is -2.14. The van der Waals surface area contributed by atoms with Crippen LogP contribution >= 0.6 is 11.6 Å². The Morgan fingerprint density at radius 3 is 2.70 bits per heavy atom. The van der Waals surface area contributed by atoms with E-state index in [0.29, 0.717) is 16.4 Å². The molecule has 2 heterocycles. The Morgan fingerprint density at radius 1 is 1.25 bits per heavy atom. The van der Waals surface area contributed by atoms with Crippen molar-refractivity contribution in [2.24, 2.45) is 0 Å². The minimum Gasteiger partial charge on any atom is -0.384 e. The second-order valence-electron chi connectivity index (χ2n) is 3.71. The van der Waals surface area contributed by atoms with Crippen molar-refractivity contribution in [1.29, 1.82) is 0 Å². The van der Waals surface area contributed by atoms with Crippen LogP contribution in [0.25, 0.3) is 0 Å². The van der Waals surface area contributed by atoms with Gasteiger partial charge in [-0.3, -0.25) is 4.79 Å². The molecule has 2 N–H and O–H groups in total. The van der Waals surface area contributed by atoms with Gasteiger partial charge in [-0.2, -0.15) is 0 Å². The van der Waals surface area contributed by atoms with Crippen molar-refractivity contribution in [3.05, 3.63) is 52.9 Å². The van der Waals surface area contributed by atoms with Crippen LogP contribution in [0.15, 0.2) is 36.7 Å². The molecule has 0 bridgehead atoms.